The first-order valence-corrected chi connectivity index (χ1v) is 14.2. The first-order valence-electron chi connectivity index (χ1n) is 14.2. The maximum absolute atomic E-state index is 11.7. The molecule has 4 saturated carbocycles. The van der Waals surface area contributed by atoms with Crippen LogP contribution in [0.1, 0.15) is 98.8 Å². The summed E-state index contributed by atoms with van der Waals surface area (Å²) in [5, 5.41) is 3.24. The summed E-state index contributed by atoms with van der Waals surface area (Å²) >= 11 is 0. The van der Waals surface area contributed by atoms with Crippen molar-refractivity contribution < 1.29 is 14.3 Å². The summed E-state index contributed by atoms with van der Waals surface area (Å²) in [6, 6.07) is 0.403. The number of nitrogens with one attached hydrogen (secondary N) is 1. The first-order chi connectivity index (χ1) is 15.7. The van der Waals surface area contributed by atoms with Crippen molar-refractivity contribution in [1.29, 1.82) is 0 Å². The van der Waals surface area contributed by atoms with Crippen molar-refractivity contribution in [2.45, 2.75) is 117 Å². The molecule has 0 unspecified atom stereocenters. The van der Waals surface area contributed by atoms with E-state index in [0.29, 0.717) is 40.7 Å². The van der Waals surface area contributed by atoms with Gasteiger partial charge in [-0.1, -0.05) is 27.7 Å². The molecular weight excluding hydrogens is 410 g/mol. The molecule has 0 aromatic heterocycles. The summed E-state index contributed by atoms with van der Waals surface area (Å²) in [4.78, 5) is 11.7. The highest BCUT2D eigenvalue weighted by Crippen LogP contribution is 2.71. The third-order valence-corrected chi connectivity index (χ3v) is 12.3. The van der Waals surface area contributed by atoms with Gasteiger partial charge in [0.1, 0.15) is 0 Å². The zero-order chi connectivity index (χ0) is 23.2. The minimum Gasteiger partial charge on any atom is -0.354 e. The second kappa shape index (κ2) is 7.69. The molecule has 4 nitrogen and oxygen atoms in total. The summed E-state index contributed by atoms with van der Waals surface area (Å²) in [5.41, 5.74) is 0.880. The second-order valence-electron chi connectivity index (χ2n) is 13.8. The summed E-state index contributed by atoms with van der Waals surface area (Å²) in [7, 11) is 0. The number of hydrogen-bond donors (Lipinski definition) is 1. The number of carbonyl (C=O) groups is 1. The monoisotopic (exact) mass is 457 g/mol. The van der Waals surface area contributed by atoms with E-state index in [2.05, 4.69) is 33.0 Å². The SMILES string of the molecule is CC(=O)N[C@H]1CC[C@@]2(C)[C@H](CC[C@@H]3[C@@H]2CC[C@]2(C)[C@@H]4[C@H](C[C@@H]32)O[C@]2(CC[C@H](C)CO2)[C@H]4C)C1. The minimum absolute atomic E-state index is 0.145. The van der Waals surface area contributed by atoms with E-state index in [9.17, 15) is 4.79 Å². The fraction of sp³-hybridized carbons (Fsp3) is 0.966. The van der Waals surface area contributed by atoms with E-state index >= 15 is 0 Å². The van der Waals surface area contributed by atoms with E-state index in [1.54, 1.807) is 6.92 Å². The third-order valence-electron chi connectivity index (χ3n) is 12.3. The van der Waals surface area contributed by atoms with Crippen LogP contribution in [0.5, 0.6) is 0 Å². The average molecular weight is 458 g/mol. The van der Waals surface area contributed by atoms with Gasteiger partial charge in [0, 0.05) is 25.3 Å². The van der Waals surface area contributed by atoms with Crippen LogP contribution >= 0.6 is 0 Å². The first kappa shape index (κ1) is 22.8. The molecule has 2 aliphatic heterocycles. The van der Waals surface area contributed by atoms with E-state index in [1.807, 2.05) is 0 Å². The Morgan fingerprint density at radius 2 is 1.70 bits per heavy atom. The number of fused-ring (bicyclic) bond motifs is 7. The van der Waals surface area contributed by atoms with Gasteiger partial charge in [-0.05, 0) is 104 Å². The third kappa shape index (κ3) is 3.25. The van der Waals surface area contributed by atoms with Crippen LogP contribution in [0.4, 0.5) is 0 Å². The molecule has 4 aliphatic carbocycles. The fourth-order valence-electron chi connectivity index (χ4n) is 10.7. The van der Waals surface area contributed by atoms with Crippen LogP contribution in [0.2, 0.25) is 0 Å². The predicted octanol–water partition coefficient (Wildman–Crippen LogP) is 5.94. The van der Waals surface area contributed by atoms with Gasteiger partial charge >= 0.3 is 0 Å². The van der Waals surface area contributed by atoms with Gasteiger partial charge in [-0.3, -0.25) is 4.79 Å². The lowest BCUT2D eigenvalue weighted by Gasteiger charge is -2.61. The molecule has 2 heterocycles. The molecule has 0 aromatic carbocycles. The van der Waals surface area contributed by atoms with Crippen LogP contribution in [0.25, 0.3) is 0 Å². The topological polar surface area (TPSA) is 47.6 Å². The van der Waals surface area contributed by atoms with Crippen molar-refractivity contribution in [3.05, 3.63) is 0 Å². The molecule has 4 heteroatoms. The Balaban J connectivity index is 1.21. The molecule has 0 aromatic rings. The molecule has 1 amide bonds. The molecule has 0 radical (unpaired) electrons. The lowest BCUT2D eigenvalue weighted by atomic mass is 9.44. The number of hydrogen-bond acceptors (Lipinski definition) is 3. The van der Waals surface area contributed by atoms with Gasteiger partial charge in [0.25, 0.3) is 0 Å². The van der Waals surface area contributed by atoms with Crippen LogP contribution in [0.3, 0.4) is 0 Å². The maximum atomic E-state index is 11.7. The van der Waals surface area contributed by atoms with E-state index < -0.39 is 0 Å². The fourth-order valence-corrected chi connectivity index (χ4v) is 10.7. The second-order valence-corrected chi connectivity index (χ2v) is 13.8. The molecule has 6 aliphatic rings. The Hall–Kier alpha value is -0.610. The average Bonchev–Trinajstić information content (AvgIpc) is 3.21. The van der Waals surface area contributed by atoms with Crippen LogP contribution < -0.4 is 5.32 Å². The van der Waals surface area contributed by atoms with Crippen molar-refractivity contribution in [2.24, 2.45) is 52.3 Å². The highest BCUT2D eigenvalue weighted by Gasteiger charge is 2.69. The Morgan fingerprint density at radius 1 is 0.909 bits per heavy atom. The number of amides is 1. The Kier molecular flexibility index (Phi) is 5.32. The zero-order valence-corrected chi connectivity index (χ0v) is 21.7. The molecule has 0 bridgehead atoms. The smallest absolute Gasteiger partial charge is 0.217 e. The van der Waals surface area contributed by atoms with Crippen LogP contribution in [-0.2, 0) is 14.3 Å². The Labute approximate surface area is 201 Å². The zero-order valence-electron chi connectivity index (χ0n) is 21.7. The van der Waals surface area contributed by atoms with E-state index in [1.165, 1.54) is 57.8 Å². The Morgan fingerprint density at radius 3 is 2.42 bits per heavy atom. The van der Waals surface area contributed by atoms with Gasteiger partial charge in [0.2, 0.25) is 5.91 Å². The molecule has 33 heavy (non-hydrogen) atoms. The molecule has 1 N–H and O–H groups in total. The molecule has 6 rings (SSSR count). The van der Waals surface area contributed by atoms with Gasteiger partial charge < -0.3 is 14.8 Å². The maximum Gasteiger partial charge on any atom is 0.217 e. The van der Waals surface area contributed by atoms with Gasteiger partial charge in [0.15, 0.2) is 5.79 Å². The quantitative estimate of drug-likeness (QED) is 0.530. The van der Waals surface area contributed by atoms with Gasteiger partial charge in [-0.25, -0.2) is 0 Å². The van der Waals surface area contributed by atoms with Gasteiger partial charge in [0.05, 0.1) is 12.7 Å². The van der Waals surface area contributed by atoms with E-state index in [4.69, 9.17) is 9.47 Å². The van der Waals surface area contributed by atoms with Crippen LogP contribution in [-0.4, -0.2) is 30.4 Å². The summed E-state index contributed by atoms with van der Waals surface area (Å²) < 4.78 is 13.4. The van der Waals surface area contributed by atoms with Crippen molar-refractivity contribution in [3.63, 3.8) is 0 Å². The van der Waals surface area contributed by atoms with Crippen LogP contribution in [0.15, 0.2) is 0 Å². The van der Waals surface area contributed by atoms with Gasteiger partial charge in [-0.15, -0.1) is 0 Å². The van der Waals surface area contributed by atoms with Crippen LogP contribution in [0, 0.1) is 52.3 Å². The molecule has 1 spiro atoms. The van der Waals surface area contributed by atoms with Crippen molar-refractivity contribution in [2.75, 3.05) is 6.61 Å². The van der Waals surface area contributed by atoms with Gasteiger partial charge in [-0.2, -0.15) is 0 Å². The summed E-state index contributed by atoms with van der Waals surface area (Å²) in [5.74, 6) is 5.03. The normalized spacial score (nSPS) is 57.7. The Bertz CT molecular complexity index is 790. The van der Waals surface area contributed by atoms with Crippen molar-refractivity contribution >= 4 is 5.91 Å². The van der Waals surface area contributed by atoms with Crippen molar-refractivity contribution in [3.8, 4) is 0 Å². The lowest BCUT2D eigenvalue weighted by molar-refractivity contribution is -0.273. The van der Waals surface area contributed by atoms with Crippen molar-refractivity contribution in [1.82, 2.24) is 5.32 Å². The number of ether oxygens (including phenoxy) is 2. The molecular formula is C29H47NO3. The molecule has 186 valence electrons. The highest BCUT2D eigenvalue weighted by molar-refractivity contribution is 5.73. The van der Waals surface area contributed by atoms with E-state index in [0.717, 1.165) is 36.7 Å². The standard InChI is InChI=1S/C29H47NO3/c1-17-8-13-29(32-16-17)18(2)26-25(33-29)15-24-22-7-6-20-14-21(30-19(3)31)9-11-27(20,4)23(22)10-12-28(24,26)5/h17-18,20-26H,6-16H2,1-5H3,(H,30,31)/t17-,18-,20+,21-,22+,23-,24-,25-,26-,27-,28-,29+/m0/s1. The highest BCUT2D eigenvalue weighted by atomic mass is 16.7. The number of carbonyl (C=O) groups excluding carboxylic acids is 1. The summed E-state index contributed by atoms with van der Waals surface area (Å²) in [6.45, 7) is 12.6. The predicted molar refractivity (Wildman–Crippen MR) is 129 cm³/mol. The lowest BCUT2D eigenvalue weighted by Crippen LogP contribution is -2.56. The largest absolute Gasteiger partial charge is 0.354 e. The molecule has 12 atom stereocenters. The molecule has 2 saturated heterocycles. The summed E-state index contributed by atoms with van der Waals surface area (Å²) in [6.07, 6.45) is 13.2. The molecule has 6 fully saturated rings. The number of rotatable bonds is 1. The minimum atomic E-state index is -0.293. The van der Waals surface area contributed by atoms with E-state index in [-0.39, 0.29) is 11.7 Å².